The lowest BCUT2D eigenvalue weighted by atomic mass is 9.87. The third kappa shape index (κ3) is 26.3. The first-order valence-corrected chi connectivity index (χ1v) is 38.9. The summed E-state index contributed by atoms with van der Waals surface area (Å²) >= 11 is 0. The van der Waals surface area contributed by atoms with Crippen LogP contribution < -0.4 is 20.7 Å². The lowest BCUT2D eigenvalue weighted by Gasteiger charge is -2.53. The number of amides is 3. The van der Waals surface area contributed by atoms with E-state index < -0.39 is 323 Å². The largest absolute Gasteiger partial charge is 0.465 e. The molecule has 43 nitrogen and oxygen atoms in total. The van der Waals surface area contributed by atoms with Crippen LogP contribution in [-0.2, 0) is 181 Å². The number of nitrogens with one attached hydrogen (secondary N) is 3. The maximum Gasteiger partial charge on any atom is 0.407 e. The summed E-state index contributed by atoms with van der Waals surface area (Å²) in [6, 6.07) is 7.05. The highest BCUT2D eigenvalue weighted by molar-refractivity contribution is 5.84. The summed E-state index contributed by atoms with van der Waals surface area (Å²) < 4.78 is 210. The van der Waals surface area contributed by atoms with Gasteiger partial charge in [-0.2, -0.15) is 8.78 Å². The van der Waals surface area contributed by atoms with Gasteiger partial charge in [0, 0.05) is 103 Å². The monoisotopic (exact) mass is 1830 g/mol. The van der Waals surface area contributed by atoms with Crippen molar-refractivity contribution in [3.63, 3.8) is 0 Å². The highest BCUT2D eigenvalue weighted by Gasteiger charge is 2.65. The number of carbonyl (C=O) groups is 17. The van der Waals surface area contributed by atoms with E-state index in [0.717, 1.165) is 115 Å². The first-order valence-electron chi connectivity index (χ1n) is 38.9. The van der Waals surface area contributed by atoms with Crippen LogP contribution in [0.15, 0.2) is 48.5 Å². The number of rotatable bonds is 35. The van der Waals surface area contributed by atoms with Gasteiger partial charge >= 0.3 is 89.7 Å². The Kier molecular flexibility index (Phi) is 35.5. The van der Waals surface area contributed by atoms with E-state index in [4.69, 9.17) is 109 Å². The van der Waals surface area contributed by atoms with Gasteiger partial charge in [-0.05, 0) is 22.3 Å². The highest BCUT2D eigenvalue weighted by atomic mass is 19.2. The van der Waals surface area contributed by atoms with E-state index in [1.807, 2.05) is 5.32 Å². The van der Waals surface area contributed by atoms with E-state index in [1.54, 1.807) is 48.5 Å². The standard InChI is InChI=1S/C80H92F5N3O40/c1-31(89)86-61-51(113-37(7)95)24-80(78(104)106-15,127-69(61)64(115-39(9)97)52(114-38(8)96)27-107-33(3)91)128-71-66(117-41(11)99)55(30-110-36(6)94)123-77(73(71)120-44(14)102)125-63-53(28-108-34(4)92)121-75(62(87-32(2)90)68(63)118-42(12)100)126-72-70(119-43(13)101)65(116-40(10)98)54(29-109-35(5)93)122-76(72)111-26-50(74(103)124-67-59(84)57(82)56(81)58(83)60(67)85)88-79(105)112-25-49-47-22-18-16-20-45(47)46-21-17-19-23-48(46)49/h16-23,49-55,61-66,68-73,75-77H,24-30H2,1-15H3,(H,86,89)(H,87,90)(H,88,105)/t50-,51-,52+,53+,54+,55+,61+,62+,63+,64+,65+,66-,68+,69+,70-,71-,72-,73+,75-,76-,77-,80?/m0/s1. The minimum absolute atomic E-state index is 0.538. The summed E-state index contributed by atoms with van der Waals surface area (Å²) in [5, 5.41) is 6.91. The Morgan fingerprint density at radius 3 is 1.35 bits per heavy atom. The summed E-state index contributed by atoms with van der Waals surface area (Å²) in [6.07, 6.45) is -44.2. The number of benzene rings is 3. The molecule has 128 heavy (non-hydrogen) atoms. The van der Waals surface area contributed by atoms with E-state index in [9.17, 15) is 89.9 Å². The lowest BCUT2D eigenvalue weighted by molar-refractivity contribution is -0.389. The van der Waals surface area contributed by atoms with Crippen molar-refractivity contribution in [3.8, 4) is 16.9 Å². The first-order chi connectivity index (χ1) is 60.2. The second-order valence-electron chi connectivity index (χ2n) is 29.0. The van der Waals surface area contributed by atoms with Crippen molar-refractivity contribution in [3.05, 3.63) is 88.7 Å². The van der Waals surface area contributed by atoms with Gasteiger partial charge in [-0.1, -0.05) is 48.5 Å². The van der Waals surface area contributed by atoms with E-state index in [1.165, 1.54) is 0 Å². The minimum Gasteiger partial charge on any atom is -0.465 e. The van der Waals surface area contributed by atoms with Gasteiger partial charge in [-0.15, -0.1) is 0 Å². The smallest absolute Gasteiger partial charge is 0.407 e. The number of halogens is 5. The number of carbonyl (C=O) groups excluding carboxylic acids is 17. The third-order valence-electron chi connectivity index (χ3n) is 19.2. The van der Waals surface area contributed by atoms with Gasteiger partial charge in [0.05, 0.1) is 26.2 Å². The zero-order valence-electron chi connectivity index (χ0n) is 71.0. The van der Waals surface area contributed by atoms with E-state index in [2.05, 4.69) is 10.6 Å². The number of ether oxygens (including phenoxy) is 23. The second-order valence-corrected chi connectivity index (χ2v) is 29.0. The SMILES string of the molecule is COC(=O)C1(O[C@H]2[C@@H](OC(C)=O)[C@@H](COC(C)=O)O[C@@H](O[C@H]3[C@H](OC(C)=O)[C@@H](NC(C)=O)[C@H](O[C@@H]4[C@@H](OC[C@H](NC(=O)OCC5c6ccccc6-c6ccccc65)C(=O)Oc5c(F)c(F)c(F)c(F)c5F)O[C@H](COC(C)=O)[C@@H](OC(C)=O)[C@@H]4OC(C)=O)O[C@@H]3COC(C)=O)[C@@H]2OC(C)=O)C[C@H](OC(C)=O)[C@@H](NC(C)=O)[C@H]([C@H](OC(C)=O)[C@@H](COC(C)=O)OC(C)=O)O1. The van der Waals surface area contributed by atoms with Gasteiger partial charge in [0.25, 0.3) is 5.79 Å². The van der Waals surface area contributed by atoms with Gasteiger partial charge in [0.1, 0.15) is 81.8 Å². The molecule has 3 N–H and O–H groups in total. The summed E-state index contributed by atoms with van der Waals surface area (Å²) in [7, 11) is 0.729. The fourth-order valence-corrected chi connectivity index (χ4v) is 14.5. The van der Waals surface area contributed by atoms with Gasteiger partial charge < -0.3 is 125 Å². The van der Waals surface area contributed by atoms with Gasteiger partial charge in [0.2, 0.25) is 46.6 Å². The van der Waals surface area contributed by atoms with Gasteiger partial charge in [-0.25, -0.2) is 27.6 Å². The van der Waals surface area contributed by atoms with Crippen LogP contribution in [-0.4, -0.2) is 283 Å². The Labute approximate surface area is 723 Å². The number of methoxy groups -OCH3 is 1. The second kappa shape index (κ2) is 45.0. The van der Waals surface area contributed by atoms with E-state index in [0.29, 0.717) is 11.1 Å². The fourth-order valence-electron chi connectivity index (χ4n) is 14.5. The Balaban J connectivity index is 1.30. The molecule has 4 aliphatic heterocycles. The quantitative estimate of drug-likeness (QED) is 0.0189. The topological polar surface area (TPSA) is 539 Å². The molecule has 0 saturated carbocycles. The molecule has 8 rings (SSSR count). The molecule has 5 aliphatic rings. The first kappa shape index (κ1) is 101. The summed E-state index contributed by atoms with van der Waals surface area (Å²) in [4.78, 5) is 230. The van der Waals surface area contributed by atoms with Crippen molar-refractivity contribution in [2.24, 2.45) is 0 Å². The van der Waals surface area contributed by atoms with Crippen molar-refractivity contribution in [2.75, 3.05) is 46.8 Å². The number of fused-ring (bicyclic) bond motifs is 3. The maximum atomic E-state index is 15.5. The average molecular weight is 1830 g/mol. The zero-order valence-corrected chi connectivity index (χ0v) is 71.0. The van der Waals surface area contributed by atoms with Crippen LogP contribution in [0.2, 0.25) is 0 Å². The van der Waals surface area contributed by atoms with E-state index >= 15 is 13.6 Å². The molecule has 1 unspecified atom stereocenters. The lowest BCUT2D eigenvalue weighted by Crippen LogP contribution is -2.72. The molecule has 4 heterocycles. The van der Waals surface area contributed by atoms with Gasteiger partial charge in [-0.3, -0.25) is 67.1 Å². The van der Waals surface area contributed by atoms with Crippen molar-refractivity contribution in [1.29, 1.82) is 0 Å². The average Bonchev–Trinajstić information content (AvgIpc) is 0.866. The van der Waals surface area contributed by atoms with Crippen LogP contribution in [0.4, 0.5) is 26.7 Å². The number of hydrogen-bond acceptors (Lipinski definition) is 40. The number of esters is 14. The number of alkyl carbamates (subject to hydrolysis) is 1. The molecule has 0 radical (unpaired) electrons. The molecular weight excluding hydrogens is 1740 g/mol. The summed E-state index contributed by atoms with van der Waals surface area (Å²) in [5.41, 5.74) is 2.74. The van der Waals surface area contributed by atoms with Crippen molar-refractivity contribution >= 4 is 101 Å². The van der Waals surface area contributed by atoms with Crippen molar-refractivity contribution in [2.45, 2.75) is 244 Å². The molecule has 48 heteroatoms. The molecule has 0 aromatic heterocycles. The molecule has 4 saturated heterocycles. The molecule has 0 bridgehead atoms. The third-order valence-corrected chi connectivity index (χ3v) is 19.2. The molecule has 3 aromatic carbocycles. The predicted molar refractivity (Wildman–Crippen MR) is 401 cm³/mol. The van der Waals surface area contributed by atoms with Crippen LogP contribution in [0.5, 0.6) is 5.75 Å². The van der Waals surface area contributed by atoms with Crippen LogP contribution in [0.25, 0.3) is 11.1 Å². The predicted octanol–water partition coefficient (Wildman–Crippen LogP) is 1.92. The molecule has 702 valence electrons. The molecule has 3 amide bonds. The molecule has 1 aliphatic carbocycles. The molecule has 0 spiro atoms. The number of hydrogen-bond donors (Lipinski definition) is 3. The van der Waals surface area contributed by atoms with Crippen LogP contribution >= 0.6 is 0 Å². The Morgan fingerprint density at radius 2 is 0.867 bits per heavy atom. The zero-order chi connectivity index (χ0) is 94.8. The molecule has 22 atom stereocenters. The van der Waals surface area contributed by atoms with E-state index in [-0.39, 0.29) is 0 Å². The maximum absolute atomic E-state index is 15.5. The van der Waals surface area contributed by atoms with Gasteiger partial charge in [0.15, 0.2) is 73.7 Å². The molecular formula is C80H92F5N3O40. The van der Waals surface area contributed by atoms with Crippen LogP contribution in [0.1, 0.15) is 120 Å². The Hall–Kier alpha value is -12.2. The highest BCUT2D eigenvalue weighted by Crippen LogP contribution is 2.47. The summed E-state index contributed by atoms with van der Waals surface area (Å²) in [6.45, 7) is 5.35. The molecule has 3 aromatic rings. The Bertz CT molecular complexity index is 4600. The fraction of sp³-hybridized carbons (Fsp3) is 0.562. The Morgan fingerprint density at radius 1 is 0.430 bits per heavy atom. The normalized spacial score (nSPS) is 26.4. The molecule has 4 fully saturated rings. The summed E-state index contributed by atoms with van der Waals surface area (Å²) in [5.74, 6) is -40.1. The van der Waals surface area contributed by atoms with Crippen LogP contribution in [0, 0.1) is 29.1 Å². The minimum atomic E-state index is -3.39. The van der Waals surface area contributed by atoms with Crippen molar-refractivity contribution < 1.29 is 212 Å². The van der Waals surface area contributed by atoms with Crippen molar-refractivity contribution in [1.82, 2.24) is 16.0 Å². The van der Waals surface area contributed by atoms with Crippen LogP contribution in [0.3, 0.4) is 0 Å².